The third kappa shape index (κ3) is 3.35. The van der Waals surface area contributed by atoms with E-state index in [0.717, 1.165) is 16.7 Å². The van der Waals surface area contributed by atoms with E-state index in [1.165, 1.54) is 18.4 Å². The highest BCUT2D eigenvalue weighted by Gasteiger charge is 2.22. The van der Waals surface area contributed by atoms with Gasteiger partial charge in [-0.25, -0.2) is 0 Å². The summed E-state index contributed by atoms with van der Waals surface area (Å²) in [5.74, 6) is 0. The molecule has 86 valence electrons. The second-order valence-electron chi connectivity index (χ2n) is 4.21. The highest BCUT2D eigenvalue weighted by molar-refractivity contribution is 7.80. The molecule has 0 bridgehead atoms. The van der Waals surface area contributed by atoms with Crippen molar-refractivity contribution >= 4 is 28.9 Å². The minimum atomic E-state index is 0.606. The van der Waals surface area contributed by atoms with Crippen LogP contribution in [-0.4, -0.2) is 23.1 Å². The first-order valence-electron chi connectivity index (χ1n) is 5.41. The number of nitrogens with one attached hydrogen (secondary N) is 1. The molecule has 0 atom stereocenters. The van der Waals surface area contributed by atoms with Crippen molar-refractivity contribution in [1.82, 2.24) is 10.2 Å². The predicted octanol–water partition coefficient (Wildman–Crippen LogP) is 2.81. The Morgan fingerprint density at radius 1 is 1.56 bits per heavy atom. The Hall–Kier alpha value is -0.800. The maximum Gasteiger partial charge on any atom is 0.169 e. The van der Waals surface area contributed by atoms with Gasteiger partial charge in [0.05, 0.1) is 0 Å². The van der Waals surface area contributed by atoms with Gasteiger partial charge in [-0.05, 0) is 42.8 Å². The monoisotopic (exact) mass is 254 g/mol. The predicted molar refractivity (Wildman–Crippen MR) is 71.7 cm³/mol. The van der Waals surface area contributed by atoms with Gasteiger partial charge in [0.2, 0.25) is 0 Å². The van der Waals surface area contributed by atoms with Crippen LogP contribution < -0.4 is 5.32 Å². The van der Waals surface area contributed by atoms with E-state index in [9.17, 15) is 0 Å². The molecular formula is C12H15ClN2S. The third-order valence-corrected chi connectivity index (χ3v) is 3.23. The minimum Gasteiger partial charge on any atom is -0.360 e. The molecule has 0 amide bonds. The molecule has 1 aliphatic carbocycles. The number of nitrogens with zero attached hydrogens (tertiary/aromatic N) is 1. The van der Waals surface area contributed by atoms with Crippen LogP contribution in [0.2, 0.25) is 5.02 Å². The van der Waals surface area contributed by atoms with Gasteiger partial charge in [-0.15, -0.1) is 0 Å². The van der Waals surface area contributed by atoms with Gasteiger partial charge in [-0.3, -0.25) is 0 Å². The summed E-state index contributed by atoms with van der Waals surface area (Å²) in [6.45, 7) is 0.791. The Bertz CT molecular complexity index is 390. The molecule has 1 aromatic rings. The number of hydrogen-bond acceptors (Lipinski definition) is 1. The standard InChI is InChI=1S/C12H15ClN2S/c1-15(12(16)14-11-5-6-11)8-9-3-2-4-10(13)7-9/h2-4,7,11H,5-6,8H2,1H3,(H,14,16). The van der Waals surface area contributed by atoms with Gasteiger partial charge in [0, 0.05) is 24.7 Å². The molecular weight excluding hydrogens is 240 g/mol. The van der Waals surface area contributed by atoms with Crippen LogP contribution in [0.3, 0.4) is 0 Å². The fourth-order valence-corrected chi connectivity index (χ4v) is 1.94. The van der Waals surface area contributed by atoms with E-state index in [0.29, 0.717) is 6.04 Å². The second-order valence-corrected chi connectivity index (χ2v) is 5.03. The fraction of sp³-hybridized carbons (Fsp3) is 0.417. The second kappa shape index (κ2) is 5.02. The fourth-order valence-electron chi connectivity index (χ4n) is 1.49. The van der Waals surface area contributed by atoms with Gasteiger partial charge in [0.15, 0.2) is 5.11 Å². The number of halogens is 1. The molecule has 2 nitrogen and oxygen atoms in total. The van der Waals surface area contributed by atoms with Crippen LogP contribution in [0.25, 0.3) is 0 Å². The van der Waals surface area contributed by atoms with Gasteiger partial charge >= 0.3 is 0 Å². The summed E-state index contributed by atoms with van der Waals surface area (Å²) >= 11 is 11.2. The molecule has 0 aromatic heterocycles. The summed E-state index contributed by atoms with van der Waals surface area (Å²) in [6, 6.07) is 8.48. The van der Waals surface area contributed by atoms with Gasteiger partial charge in [0.25, 0.3) is 0 Å². The Kier molecular flexibility index (Phi) is 3.66. The van der Waals surface area contributed by atoms with E-state index in [2.05, 4.69) is 11.4 Å². The molecule has 0 aliphatic heterocycles. The molecule has 2 rings (SSSR count). The Morgan fingerprint density at radius 3 is 2.94 bits per heavy atom. The molecule has 1 fully saturated rings. The first kappa shape index (κ1) is 11.7. The molecule has 1 N–H and O–H groups in total. The van der Waals surface area contributed by atoms with Crippen LogP contribution in [-0.2, 0) is 6.54 Å². The van der Waals surface area contributed by atoms with Gasteiger partial charge in [-0.2, -0.15) is 0 Å². The summed E-state index contributed by atoms with van der Waals surface area (Å²) in [7, 11) is 2.00. The van der Waals surface area contributed by atoms with Crippen LogP contribution >= 0.6 is 23.8 Å². The summed E-state index contributed by atoms with van der Waals surface area (Å²) in [5, 5.41) is 4.90. The lowest BCUT2D eigenvalue weighted by molar-refractivity contribution is 0.488. The lowest BCUT2D eigenvalue weighted by Gasteiger charge is -2.21. The molecule has 1 aromatic carbocycles. The van der Waals surface area contributed by atoms with Crippen LogP contribution in [0, 0.1) is 0 Å². The summed E-state index contributed by atoms with van der Waals surface area (Å²) in [5.41, 5.74) is 1.18. The molecule has 0 spiro atoms. The molecule has 0 radical (unpaired) electrons. The van der Waals surface area contributed by atoms with Crippen LogP contribution in [0.4, 0.5) is 0 Å². The summed E-state index contributed by atoms with van der Waals surface area (Å²) in [6.07, 6.45) is 2.48. The van der Waals surface area contributed by atoms with Gasteiger partial charge in [-0.1, -0.05) is 23.7 Å². The zero-order valence-corrected chi connectivity index (χ0v) is 10.8. The Balaban J connectivity index is 1.90. The average Bonchev–Trinajstić information content (AvgIpc) is 3.01. The molecule has 1 saturated carbocycles. The average molecular weight is 255 g/mol. The van der Waals surface area contributed by atoms with Gasteiger partial charge < -0.3 is 10.2 Å². The quantitative estimate of drug-likeness (QED) is 0.836. The van der Waals surface area contributed by atoms with Crippen LogP contribution in [0.15, 0.2) is 24.3 Å². The van der Waals surface area contributed by atoms with Crippen molar-refractivity contribution in [2.45, 2.75) is 25.4 Å². The van der Waals surface area contributed by atoms with Crippen LogP contribution in [0.5, 0.6) is 0 Å². The van der Waals surface area contributed by atoms with E-state index in [1.807, 2.05) is 30.1 Å². The minimum absolute atomic E-state index is 0.606. The Labute approximate surface area is 107 Å². The highest BCUT2D eigenvalue weighted by Crippen LogP contribution is 2.19. The van der Waals surface area contributed by atoms with Gasteiger partial charge in [0.1, 0.15) is 0 Å². The number of benzene rings is 1. The lowest BCUT2D eigenvalue weighted by atomic mass is 10.2. The van der Waals surface area contributed by atoms with Crippen molar-refractivity contribution in [2.75, 3.05) is 7.05 Å². The zero-order chi connectivity index (χ0) is 11.5. The van der Waals surface area contributed by atoms with Crippen molar-refractivity contribution in [3.05, 3.63) is 34.9 Å². The molecule has 0 heterocycles. The molecule has 1 aliphatic rings. The summed E-state index contributed by atoms with van der Waals surface area (Å²) < 4.78 is 0. The smallest absolute Gasteiger partial charge is 0.169 e. The zero-order valence-electron chi connectivity index (χ0n) is 9.24. The molecule has 4 heteroatoms. The van der Waals surface area contributed by atoms with E-state index in [4.69, 9.17) is 23.8 Å². The number of thiocarbonyl (C=S) groups is 1. The normalized spacial score (nSPS) is 14.6. The van der Waals surface area contributed by atoms with E-state index < -0.39 is 0 Å². The molecule has 0 unspecified atom stereocenters. The van der Waals surface area contributed by atoms with Crippen molar-refractivity contribution in [2.24, 2.45) is 0 Å². The first-order chi connectivity index (χ1) is 7.65. The highest BCUT2D eigenvalue weighted by atomic mass is 35.5. The van der Waals surface area contributed by atoms with E-state index in [1.54, 1.807) is 0 Å². The Morgan fingerprint density at radius 2 is 2.31 bits per heavy atom. The van der Waals surface area contributed by atoms with E-state index in [-0.39, 0.29) is 0 Å². The molecule has 16 heavy (non-hydrogen) atoms. The maximum atomic E-state index is 5.94. The largest absolute Gasteiger partial charge is 0.360 e. The number of rotatable bonds is 3. The SMILES string of the molecule is CN(Cc1cccc(Cl)c1)C(=S)NC1CC1. The molecule has 0 saturated heterocycles. The van der Waals surface area contributed by atoms with Crippen molar-refractivity contribution in [3.8, 4) is 0 Å². The van der Waals surface area contributed by atoms with Crippen LogP contribution in [0.1, 0.15) is 18.4 Å². The van der Waals surface area contributed by atoms with Crippen molar-refractivity contribution in [1.29, 1.82) is 0 Å². The summed E-state index contributed by atoms with van der Waals surface area (Å²) in [4.78, 5) is 2.04. The van der Waals surface area contributed by atoms with Crippen molar-refractivity contribution in [3.63, 3.8) is 0 Å². The maximum absolute atomic E-state index is 5.94. The number of hydrogen-bond donors (Lipinski definition) is 1. The lowest BCUT2D eigenvalue weighted by Crippen LogP contribution is -2.37. The van der Waals surface area contributed by atoms with Crippen molar-refractivity contribution < 1.29 is 0 Å². The topological polar surface area (TPSA) is 15.3 Å². The first-order valence-corrected chi connectivity index (χ1v) is 6.20. The van der Waals surface area contributed by atoms with E-state index >= 15 is 0 Å². The third-order valence-electron chi connectivity index (χ3n) is 2.56.